The van der Waals surface area contributed by atoms with E-state index in [1.165, 1.54) is 19.2 Å². The van der Waals surface area contributed by atoms with E-state index in [0.29, 0.717) is 17.1 Å². The molecule has 0 unspecified atom stereocenters. The lowest BCUT2D eigenvalue weighted by atomic mass is 10.2. The number of hydrogen-bond acceptors (Lipinski definition) is 4. The van der Waals surface area contributed by atoms with Crippen molar-refractivity contribution in [3.8, 4) is 11.5 Å². The lowest BCUT2D eigenvalue weighted by molar-refractivity contribution is 0.102. The second-order valence-corrected chi connectivity index (χ2v) is 9.49. The normalized spacial score (nSPS) is 12.9. The van der Waals surface area contributed by atoms with E-state index in [-0.39, 0.29) is 21.2 Å². The van der Waals surface area contributed by atoms with E-state index in [0.717, 1.165) is 15.4 Å². The zero-order chi connectivity index (χ0) is 21.6. The van der Waals surface area contributed by atoms with Crippen molar-refractivity contribution in [3.05, 3.63) is 76.3 Å². The number of carbonyl (C=O) groups excluding carboxylic acids is 1. The third kappa shape index (κ3) is 3.51. The second kappa shape index (κ2) is 7.34. The SMILES string of the molecule is Cc1ccc(N(C)S(=O)(=O)c2cc3c(cc2Cl)Oc2cc(C)ccc2NC3=O)cc1. The van der Waals surface area contributed by atoms with Crippen LogP contribution in [0, 0.1) is 13.8 Å². The van der Waals surface area contributed by atoms with Gasteiger partial charge in [0, 0.05) is 13.1 Å². The fraction of sp³-hybridized carbons (Fsp3) is 0.136. The Morgan fingerprint density at radius 3 is 2.30 bits per heavy atom. The number of nitrogens with zero attached hydrogens (tertiary/aromatic N) is 1. The Kier molecular flexibility index (Phi) is 4.95. The van der Waals surface area contributed by atoms with Gasteiger partial charge in [0.15, 0.2) is 5.75 Å². The van der Waals surface area contributed by atoms with Gasteiger partial charge >= 0.3 is 0 Å². The van der Waals surface area contributed by atoms with Gasteiger partial charge in [0.05, 0.1) is 22.0 Å². The standard InChI is InChI=1S/C22H19ClN2O4S/c1-13-4-7-15(8-5-13)25(3)30(27,28)21-11-16-19(12-17(21)23)29-20-10-14(2)6-9-18(20)24-22(16)26/h4-12H,1-3H3,(H,24,26). The number of nitrogens with one attached hydrogen (secondary N) is 1. The van der Waals surface area contributed by atoms with Crippen molar-refractivity contribution in [3.63, 3.8) is 0 Å². The van der Waals surface area contributed by atoms with Crippen LogP contribution in [0.1, 0.15) is 21.5 Å². The molecule has 0 bridgehead atoms. The Labute approximate surface area is 180 Å². The van der Waals surface area contributed by atoms with Gasteiger partial charge in [0.1, 0.15) is 10.6 Å². The van der Waals surface area contributed by atoms with Crippen LogP contribution in [-0.2, 0) is 10.0 Å². The van der Waals surface area contributed by atoms with E-state index >= 15 is 0 Å². The summed E-state index contributed by atoms with van der Waals surface area (Å²) in [5.74, 6) is 0.183. The molecule has 1 N–H and O–H groups in total. The van der Waals surface area contributed by atoms with Crippen LogP contribution >= 0.6 is 11.6 Å². The van der Waals surface area contributed by atoms with E-state index in [1.807, 2.05) is 32.0 Å². The van der Waals surface area contributed by atoms with Crippen molar-refractivity contribution < 1.29 is 17.9 Å². The summed E-state index contributed by atoms with van der Waals surface area (Å²) in [5.41, 5.74) is 3.03. The molecule has 6 nitrogen and oxygen atoms in total. The van der Waals surface area contributed by atoms with Gasteiger partial charge in [-0.2, -0.15) is 0 Å². The molecule has 0 aliphatic carbocycles. The number of benzene rings is 3. The van der Waals surface area contributed by atoms with E-state index in [1.54, 1.807) is 24.3 Å². The van der Waals surface area contributed by atoms with Crippen LogP contribution in [0.3, 0.4) is 0 Å². The number of amides is 1. The van der Waals surface area contributed by atoms with Crippen molar-refractivity contribution in [1.82, 2.24) is 0 Å². The number of halogens is 1. The molecular weight excluding hydrogens is 424 g/mol. The van der Waals surface area contributed by atoms with E-state index in [4.69, 9.17) is 16.3 Å². The smallest absolute Gasteiger partial charge is 0.265 e. The highest BCUT2D eigenvalue weighted by atomic mass is 35.5. The Balaban J connectivity index is 1.79. The van der Waals surface area contributed by atoms with Gasteiger partial charge in [0.2, 0.25) is 0 Å². The largest absolute Gasteiger partial charge is 0.454 e. The van der Waals surface area contributed by atoms with Gasteiger partial charge in [-0.3, -0.25) is 9.10 Å². The summed E-state index contributed by atoms with van der Waals surface area (Å²) in [6.45, 7) is 3.82. The number of anilines is 2. The summed E-state index contributed by atoms with van der Waals surface area (Å²) in [7, 11) is -2.57. The van der Waals surface area contributed by atoms with Gasteiger partial charge in [-0.25, -0.2) is 8.42 Å². The van der Waals surface area contributed by atoms with Crippen molar-refractivity contribution in [1.29, 1.82) is 0 Å². The Bertz CT molecular complexity index is 1270. The number of aryl methyl sites for hydroxylation is 2. The molecule has 4 rings (SSSR count). The third-order valence-corrected chi connectivity index (χ3v) is 7.17. The molecule has 30 heavy (non-hydrogen) atoms. The van der Waals surface area contributed by atoms with E-state index in [2.05, 4.69) is 5.32 Å². The van der Waals surface area contributed by atoms with Crippen LogP contribution in [0.2, 0.25) is 5.02 Å². The van der Waals surface area contributed by atoms with Crippen LogP contribution in [0.25, 0.3) is 0 Å². The van der Waals surface area contributed by atoms with Crippen LogP contribution in [0.4, 0.5) is 11.4 Å². The zero-order valence-corrected chi connectivity index (χ0v) is 18.1. The summed E-state index contributed by atoms with van der Waals surface area (Å²) >= 11 is 6.34. The van der Waals surface area contributed by atoms with Gasteiger partial charge in [-0.1, -0.05) is 35.4 Å². The molecule has 1 aliphatic heterocycles. The second-order valence-electron chi connectivity index (χ2n) is 7.14. The molecule has 1 aliphatic rings. The Hall–Kier alpha value is -3.03. The molecule has 0 atom stereocenters. The molecule has 3 aromatic rings. The fourth-order valence-corrected chi connectivity index (χ4v) is 4.87. The van der Waals surface area contributed by atoms with Crippen molar-refractivity contribution in [2.45, 2.75) is 18.7 Å². The summed E-state index contributed by atoms with van der Waals surface area (Å²) in [4.78, 5) is 12.6. The zero-order valence-electron chi connectivity index (χ0n) is 16.6. The summed E-state index contributed by atoms with van der Waals surface area (Å²) in [6, 6.07) is 15.0. The first-order valence-electron chi connectivity index (χ1n) is 9.16. The molecule has 8 heteroatoms. The van der Waals surface area contributed by atoms with Crippen LogP contribution in [0.15, 0.2) is 59.5 Å². The Morgan fingerprint density at radius 2 is 1.60 bits per heavy atom. The minimum atomic E-state index is -4.01. The van der Waals surface area contributed by atoms with Crippen LogP contribution < -0.4 is 14.4 Å². The monoisotopic (exact) mass is 442 g/mol. The number of fused-ring (bicyclic) bond motifs is 2. The molecule has 3 aromatic carbocycles. The third-order valence-electron chi connectivity index (χ3n) is 4.92. The predicted molar refractivity (Wildman–Crippen MR) is 117 cm³/mol. The number of rotatable bonds is 3. The first-order valence-corrected chi connectivity index (χ1v) is 11.0. The fourth-order valence-electron chi connectivity index (χ4n) is 3.16. The van der Waals surface area contributed by atoms with Crippen LogP contribution in [0.5, 0.6) is 11.5 Å². The highest BCUT2D eigenvalue weighted by Gasteiger charge is 2.29. The number of carbonyl (C=O) groups is 1. The molecule has 0 aromatic heterocycles. The Morgan fingerprint density at radius 1 is 0.933 bits per heavy atom. The molecule has 0 fully saturated rings. The number of hydrogen-bond donors (Lipinski definition) is 1. The molecule has 0 saturated carbocycles. The first-order chi connectivity index (χ1) is 14.2. The molecular formula is C22H19ClN2O4S. The van der Waals surface area contributed by atoms with Crippen molar-refractivity contribution >= 4 is 38.9 Å². The van der Waals surface area contributed by atoms with Gasteiger partial charge < -0.3 is 10.1 Å². The summed E-state index contributed by atoms with van der Waals surface area (Å²) in [6.07, 6.45) is 0. The molecule has 0 saturated heterocycles. The topological polar surface area (TPSA) is 75.7 Å². The minimum Gasteiger partial charge on any atom is -0.454 e. The van der Waals surface area contributed by atoms with E-state index in [9.17, 15) is 13.2 Å². The minimum absolute atomic E-state index is 0.0309. The number of ether oxygens (including phenoxy) is 1. The first kappa shape index (κ1) is 20.3. The molecule has 0 spiro atoms. The van der Waals surface area contributed by atoms with Gasteiger partial charge in [0.25, 0.3) is 15.9 Å². The predicted octanol–water partition coefficient (Wildman–Crippen LogP) is 5.14. The molecule has 1 heterocycles. The van der Waals surface area contributed by atoms with Crippen LogP contribution in [-0.4, -0.2) is 21.4 Å². The molecule has 0 radical (unpaired) electrons. The van der Waals surface area contributed by atoms with Gasteiger partial charge in [-0.05, 0) is 49.7 Å². The highest BCUT2D eigenvalue weighted by Crippen LogP contribution is 2.40. The van der Waals surface area contributed by atoms with E-state index < -0.39 is 15.9 Å². The number of sulfonamides is 1. The summed E-state index contributed by atoms with van der Waals surface area (Å²) in [5, 5.41) is 2.72. The summed E-state index contributed by atoms with van der Waals surface area (Å²) < 4.78 is 33.5. The van der Waals surface area contributed by atoms with Crippen molar-refractivity contribution in [2.24, 2.45) is 0 Å². The quantitative estimate of drug-likeness (QED) is 0.609. The highest BCUT2D eigenvalue weighted by molar-refractivity contribution is 7.93. The molecule has 154 valence electrons. The lowest BCUT2D eigenvalue weighted by Crippen LogP contribution is -2.27. The van der Waals surface area contributed by atoms with Crippen molar-refractivity contribution in [2.75, 3.05) is 16.7 Å². The maximum absolute atomic E-state index is 13.2. The maximum atomic E-state index is 13.2. The average Bonchev–Trinajstić information content (AvgIpc) is 2.82. The van der Waals surface area contributed by atoms with Gasteiger partial charge in [-0.15, -0.1) is 0 Å². The maximum Gasteiger partial charge on any atom is 0.265 e. The lowest BCUT2D eigenvalue weighted by Gasteiger charge is -2.21. The molecule has 1 amide bonds. The average molecular weight is 443 g/mol.